The minimum atomic E-state index is -2.89. The van der Waals surface area contributed by atoms with Gasteiger partial charge in [-0.25, -0.2) is 8.42 Å². The number of hydrogen-bond donors (Lipinski definition) is 2. The quantitative estimate of drug-likeness (QED) is 0.817. The Morgan fingerprint density at radius 2 is 2.05 bits per heavy atom. The topological polar surface area (TPSA) is 67.4 Å². The molecule has 1 saturated heterocycles. The molecule has 0 amide bonds. The summed E-state index contributed by atoms with van der Waals surface area (Å²) in [4.78, 5) is 0. The number of nitrogens with one attached hydrogen (secondary N) is 2. The largest absolute Gasteiger partial charge is 0.497 e. The predicted octanol–water partition coefficient (Wildman–Crippen LogP) is 1.17. The summed E-state index contributed by atoms with van der Waals surface area (Å²) in [6.45, 7) is 0. The van der Waals surface area contributed by atoms with Crippen molar-refractivity contribution in [1.29, 1.82) is 0 Å². The second kappa shape index (κ2) is 5.75. The highest BCUT2D eigenvalue weighted by molar-refractivity contribution is 7.91. The zero-order chi connectivity index (χ0) is 13.9. The molecule has 2 N–H and O–H groups in total. The Balaban J connectivity index is 1.87. The van der Waals surface area contributed by atoms with Gasteiger partial charge < -0.3 is 15.4 Å². The van der Waals surface area contributed by atoms with Crippen molar-refractivity contribution in [3.8, 4) is 5.75 Å². The van der Waals surface area contributed by atoms with E-state index in [1.807, 2.05) is 24.3 Å². The van der Waals surface area contributed by atoms with Crippen molar-refractivity contribution in [2.24, 2.45) is 0 Å². The Kier molecular flexibility index (Phi) is 4.26. The molecule has 1 aliphatic heterocycles. The molecule has 1 atom stereocenters. The first-order chi connectivity index (χ1) is 8.98. The maximum absolute atomic E-state index is 11.3. The molecule has 0 aromatic heterocycles. The second-order valence-electron chi connectivity index (χ2n) is 4.43. The lowest BCUT2D eigenvalue weighted by molar-refractivity contribution is 0.415. The van der Waals surface area contributed by atoms with E-state index in [9.17, 15) is 8.42 Å². The molecule has 7 heteroatoms. The van der Waals surface area contributed by atoms with Crippen molar-refractivity contribution in [2.75, 3.05) is 23.9 Å². The number of methoxy groups -OCH3 is 1. The normalized spacial score (nSPS) is 20.8. The second-order valence-corrected chi connectivity index (χ2v) is 7.06. The molecule has 1 fully saturated rings. The van der Waals surface area contributed by atoms with E-state index in [1.54, 1.807) is 7.11 Å². The third kappa shape index (κ3) is 4.07. The average Bonchev–Trinajstić information content (AvgIpc) is 2.69. The fourth-order valence-electron chi connectivity index (χ4n) is 1.94. The standard InChI is InChI=1S/C12H16N2O3S2/c1-17-11-4-2-9(3-5-11)13-12(18)14-10-6-7-19(15,16)8-10/h2-5,10H,6-8H2,1H3,(H2,13,14,18)/t10-/m1/s1. The molecule has 0 bridgehead atoms. The van der Waals surface area contributed by atoms with Crippen LogP contribution in [0.5, 0.6) is 5.75 Å². The van der Waals surface area contributed by atoms with E-state index in [-0.39, 0.29) is 17.5 Å². The number of benzene rings is 1. The van der Waals surface area contributed by atoms with Crippen LogP contribution < -0.4 is 15.4 Å². The van der Waals surface area contributed by atoms with Gasteiger partial charge >= 0.3 is 0 Å². The summed E-state index contributed by atoms with van der Waals surface area (Å²) >= 11 is 5.16. The van der Waals surface area contributed by atoms with Crippen LogP contribution in [0.25, 0.3) is 0 Å². The monoisotopic (exact) mass is 300 g/mol. The smallest absolute Gasteiger partial charge is 0.171 e. The van der Waals surface area contributed by atoms with E-state index in [2.05, 4.69) is 10.6 Å². The molecule has 0 saturated carbocycles. The molecule has 0 spiro atoms. The van der Waals surface area contributed by atoms with Gasteiger partial charge in [0.05, 0.1) is 18.6 Å². The van der Waals surface area contributed by atoms with Crippen LogP contribution in [0.15, 0.2) is 24.3 Å². The molecule has 1 aromatic rings. The van der Waals surface area contributed by atoms with Gasteiger partial charge in [-0.15, -0.1) is 0 Å². The first-order valence-electron chi connectivity index (χ1n) is 5.90. The van der Waals surface area contributed by atoms with E-state index < -0.39 is 9.84 Å². The maximum atomic E-state index is 11.3. The molecule has 19 heavy (non-hydrogen) atoms. The summed E-state index contributed by atoms with van der Waals surface area (Å²) < 4.78 is 27.7. The van der Waals surface area contributed by atoms with Gasteiger partial charge in [-0.1, -0.05) is 0 Å². The van der Waals surface area contributed by atoms with Crippen LogP contribution in [0.4, 0.5) is 5.69 Å². The minimum Gasteiger partial charge on any atom is -0.497 e. The zero-order valence-corrected chi connectivity index (χ0v) is 12.2. The van der Waals surface area contributed by atoms with Crippen LogP contribution in [0.2, 0.25) is 0 Å². The van der Waals surface area contributed by atoms with Crippen LogP contribution in [0, 0.1) is 0 Å². The molecular weight excluding hydrogens is 284 g/mol. The van der Waals surface area contributed by atoms with Gasteiger partial charge in [-0.3, -0.25) is 0 Å². The number of sulfone groups is 1. The first-order valence-corrected chi connectivity index (χ1v) is 8.13. The number of anilines is 1. The van der Waals surface area contributed by atoms with Gasteiger partial charge in [0.25, 0.3) is 0 Å². The lowest BCUT2D eigenvalue weighted by atomic mass is 10.3. The van der Waals surface area contributed by atoms with Gasteiger partial charge in [-0.05, 0) is 42.9 Å². The lowest BCUT2D eigenvalue weighted by Gasteiger charge is -2.15. The summed E-state index contributed by atoms with van der Waals surface area (Å²) in [5.74, 6) is 1.15. The Labute approximate surface area is 118 Å². The van der Waals surface area contributed by atoms with E-state index >= 15 is 0 Å². The summed E-state index contributed by atoms with van der Waals surface area (Å²) in [6, 6.07) is 7.25. The first kappa shape index (κ1) is 14.1. The number of rotatable bonds is 3. The summed E-state index contributed by atoms with van der Waals surface area (Å²) in [5.41, 5.74) is 0.833. The SMILES string of the molecule is COc1ccc(NC(=S)N[C@@H]2CCS(=O)(=O)C2)cc1. The van der Waals surface area contributed by atoms with Crippen LogP contribution in [-0.4, -0.2) is 38.2 Å². The number of ether oxygens (including phenoxy) is 1. The zero-order valence-electron chi connectivity index (χ0n) is 10.5. The number of thiocarbonyl (C=S) groups is 1. The van der Waals surface area contributed by atoms with Crippen molar-refractivity contribution >= 4 is 32.9 Å². The molecule has 0 radical (unpaired) electrons. The molecule has 0 aliphatic carbocycles. The van der Waals surface area contributed by atoms with Crippen molar-refractivity contribution in [1.82, 2.24) is 5.32 Å². The van der Waals surface area contributed by atoms with Crippen molar-refractivity contribution in [2.45, 2.75) is 12.5 Å². The predicted molar refractivity (Wildman–Crippen MR) is 79.4 cm³/mol. The molecule has 0 unspecified atom stereocenters. The summed E-state index contributed by atoms with van der Waals surface area (Å²) in [5, 5.41) is 6.48. The van der Waals surface area contributed by atoms with Gasteiger partial charge in [0, 0.05) is 11.7 Å². The van der Waals surface area contributed by atoms with Crippen LogP contribution >= 0.6 is 12.2 Å². The minimum absolute atomic E-state index is 0.0942. The van der Waals surface area contributed by atoms with E-state index in [4.69, 9.17) is 17.0 Å². The van der Waals surface area contributed by atoms with E-state index in [0.717, 1.165) is 11.4 Å². The fraction of sp³-hybridized carbons (Fsp3) is 0.417. The van der Waals surface area contributed by atoms with Crippen LogP contribution in [0.3, 0.4) is 0 Å². The molecule has 104 valence electrons. The van der Waals surface area contributed by atoms with Crippen LogP contribution in [0.1, 0.15) is 6.42 Å². The highest BCUT2D eigenvalue weighted by atomic mass is 32.2. The molecule has 5 nitrogen and oxygen atoms in total. The summed E-state index contributed by atoms with van der Waals surface area (Å²) in [7, 11) is -1.28. The van der Waals surface area contributed by atoms with Gasteiger partial charge in [-0.2, -0.15) is 0 Å². The highest BCUT2D eigenvalue weighted by Crippen LogP contribution is 2.15. The van der Waals surface area contributed by atoms with Gasteiger partial charge in [0.2, 0.25) is 0 Å². The molecule has 1 heterocycles. The molecule has 1 aromatic carbocycles. The van der Waals surface area contributed by atoms with Gasteiger partial charge in [0.1, 0.15) is 5.75 Å². The third-order valence-corrected chi connectivity index (χ3v) is 4.90. The van der Waals surface area contributed by atoms with Gasteiger partial charge in [0.15, 0.2) is 14.9 Å². The Morgan fingerprint density at radius 1 is 1.37 bits per heavy atom. The van der Waals surface area contributed by atoms with E-state index in [1.165, 1.54) is 0 Å². The summed E-state index contributed by atoms with van der Waals surface area (Å²) in [6.07, 6.45) is 0.604. The highest BCUT2D eigenvalue weighted by Gasteiger charge is 2.28. The number of hydrogen-bond acceptors (Lipinski definition) is 4. The lowest BCUT2D eigenvalue weighted by Crippen LogP contribution is -2.38. The van der Waals surface area contributed by atoms with Crippen molar-refractivity contribution < 1.29 is 13.2 Å². The Bertz CT molecular complexity index is 555. The Hall–Kier alpha value is -1.34. The molecular formula is C12H16N2O3S2. The Morgan fingerprint density at radius 3 is 2.58 bits per heavy atom. The maximum Gasteiger partial charge on any atom is 0.171 e. The van der Waals surface area contributed by atoms with Crippen molar-refractivity contribution in [3.63, 3.8) is 0 Å². The van der Waals surface area contributed by atoms with E-state index in [0.29, 0.717) is 11.5 Å². The van der Waals surface area contributed by atoms with Crippen molar-refractivity contribution in [3.05, 3.63) is 24.3 Å². The van der Waals surface area contributed by atoms with Crippen LogP contribution in [-0.2, 0) is 9.84 Å². The fourth-order valence-corrected chi connectivity index (χ4v) is 3.89. The average molecular weight is 300 g/mol. The third-order valence-electron chi connectivity index (χ3n) is 2.92. The molecule has 2 rings (SSSR count). The molecule has 1 aliphatic rings.